The molecule has 0 N–H and O–H groups in total. The zero-order chi connectivity index (χ0) is 16.0. The van der Waals surface area contributed by atoms with Crippen LogP contribution in [0.25, 0.3) is 22.6 Å². The highest BCUT2D eigenvalue weighted by atomic mass is 79.9. The fraction of sp³-hybridized carbons (Fsp3) is 0.111. The van der Waals surface area contributed by atoms with Crippen LogP contribution in [0.1, 0.15) is 17.8 Å². The third kappa shape index (κ3) is 2.52. The Hall–Kier alpha value is -1.91. The summed E-state index contributed by atoms with van der Waals surface area (Å²) >= 11 is 9.60. The van der Waals surface area contributed by atoms with E-state index < -0.39 is 0 Å². The Morgan fingerprint density at radius 1 is 1.22 bits per heavy atom. The van der Waals surface area contributed by atoms with Gasteiger partial charge in [-0.15, -0.1) is 0 Å². The minimum atomic E-state index is -0.00260. The molecule has 114 valence electrons. The Morgan fingerprint density at radius 2 is 2.04 bits per heavy atom. The van der Waals surface area contributed by atoms with Crippen LogP contribution in [0.5, 0.6) is 0 Å². The van der Waals surface area contributed by atoms with Crippen LogP contribution >= 0.6 is 27.5 Å². The lowest BCUT2D eigenvalue weighted by Crippen LogP contribution is -2.20. The first-order valence-electron chi connectivity index (χ1n) is 7.29. The second kappa shape index (κ2) is 5.62. The fourth-order valence-electron chi connectivity index (χ4n) is 2.91. The number of benzene rings is 2. The zero-order valence-corrected chi connectivity index (χ0v) is 14.4. The van der Waals surface area contributed by atoms with Gasteiger partial charge in [0.2, 0.25) is 0 Å². The molecule has 0 bridgehead atoms. The van der Waals surface area contributed by atoms with E-state index in [0.29, 0.717) is 22.5 Å². The third-order valence-electron chi connectivity index (χ3n) is 4.04. The second-order valence-corrected chi connectivity index (χ2v) is 6.79. The minimum absolute atomic E-state index is 0.00260. The van der Waals surface area contributed by atoms with Gasteiger partial charge in [-0.25, -0.2) is 4.98 Å². The summed E-state index contributed by atoms with van der Waals surface area (Å²) < 4.78 is 2.77. The predicted molar refractivity (Wildman–Crippen MR) is 97.6 cm³/mol. The Labute approximate surface area is 146 Å². The lowest BCUT2D eigenvalue weighted by molar-refractivity contribution is 0.725. The van der Waals surface area contributed by atoms with Crippen molar-refractivity contribution in [2.75, 3.05) is 0 Å². The summed E-state index contributed by atoms with van der Waals surface area (Å²) in [5, 5.41) is 1.20. The van der Waals surface area contributed by atoms with E-state index >= 15 is 0 Å². The molecule has 4 rings (SSSR count). The monoisotopic (exact) mass is 386 g/mol. The maximum atomic E-state index is 12.6. The molecular weight excluding hydrogens is 376 g/mol. The van der Waals surface area contributed by atoms with Gasteiger partial charge in [-0.3, -0.25) is 9.36 Å². The Balaban J connectivity index is 1.93. The van der Waals surface area contributed by atoms with Crippen molar-refractivity contribution in [2.24, 2.45) is 0 Å². The molecule has 23 heavy (non-hydrogen) atoms. The van der Waals surface area contributed by atoms with Gasteiger partial charge in [0.05, 0.1) is 10.9 Å². The fourth-order valence-corrected chi connectivity index (χ4v) is 3.47. The summed E-state index contributed by atoms with van der Waals surface area (Å²) in [6.07, 6.45) is 2.89. The summed E-state index contributed by atoms with van der Waals surface area (Å²) in [6, 6.07) is 13.2. The topological polar surface area (TPSA) is 34.9 Å². The lowest BCUT2D eigenvalue weighted by atomic mass is 10.1. The van der Waals surface area contributed by atoms with Crippen molar-refractivity contribution in [3.05, 3.63) is 73.7 Å². The molecule has 0 fully saturated rings. The van der Waals surface area contributed by atoms with Crippen LogP contribution in [-0.4, -0.2) is 9.55 Å². The minimum Gasteiger partial charge on any atom is -0.292 e. The van der Waals surface area contributed by atoms with Gasteiger partial charge in [0, 0.05) is 16.0 Å². The number of allylic oxidation sites excluding steroid dienone is 1. The average molecular weight is 388 g/mol. The molecule has 1 aromatic heterocycles. The second-order valence-electron chi connectivity index (χ2n) is 5.49. The number of halogens is 2. The quantitative estimate of drug-likeness (QED) is 0.603. The molecule has 5 heteroatoms. The number of hydrogen-bond donors (Lipinski definition) is 0. The molecule has 3 aromatic rings. The number of rotatable bonds is 1. The molecule has 0 saturated heterocycles. The van der Waals surface area contributed by atoms with Crippen molar-refractivity contribution < 1.29 is 0 Å². The third-order valence-corrected chi connectivity index (χ3v) is 5.00. The highest BCUT2D eigenvalue weighted by Gasteiger charge is 2.21. The first-order valence-corrected chi connectivity index (χ1v) is 8.46. The van der Waals surface area contributed by atoms with E-state index in [1.54, 1.807) is 22.8 Å². The van der Waals surface area contributed by atoms with E-state index in [9.17, 15) is 4.79 Å². The number of nitrogens with zero attached hydrogens (tertiary/aromatic N) is 2. The van der Waals surface area contributed by atoms with E-state index in [-0.39, 0.29) is 5.56 Å². The van der Waals surface area contributed by atoms with Gasteiger partial charge in [0.15, 0.2) is 0 Å². The van der Waals surface area contributed by atoms with E-state index in [2.05, 4.69) is 27.0 Å². The molecule has 0 atom stereocenters. The maximum absolute atomic E-state index is 12.6. The maximum Gasteiger partial charge on any atom is 0.261 e. The molecule has 0 spiro atoms. The van der Waals surface area contributed by atoms with Gasteiger partial charge in [-0.2, -0.15) is 0 Å². The van der Waals surface area contributed by atoms with Crippen LogP contribution in [0, 0.1) is 0 Å². The smallest absolute Gasteiger partial charge is 0.261 e. The molecule has 0 aliphatic carbocycles. The van der Waals surface area contributed by atoms with E-state index in [4.69, 9.17) is 11.6 Å². The van der Waals surface area contributed by atoms with Gasteiger partial charge >= 0.3 is 0 Å². The van der Waals surface area contributed by atoms with Crippen LogP contribution in [0.3, 0.4) is 0 Å². The summed E-state index contributed by atoms with van der Waals surface area (Å²) in [6.45, 7) is 0.663. The molecule has 0 saturated carbocycles. The molecule has 0 amide bonds. The van der Waals surface area contributed by atoms with E-state index in [1.165, 1.54) is 0 Å². The Morgan fingerprint density at radius 3 is 2.87 bits per heavy atom. The Kier molecular flexibility index (Phi) is 3.58. The van der Waals surface area contributed by atoms with Crippen molar-refractivity contribution in [1.29, 1.82) is 0 Å². The molecule has 0 unspecified atom stereocenters. The van der Waals surface area contributed by atoms with Crippen LogP contribution < -0.4 is 5.56 Å². The van der Waals surface area contributed by atoms with Gasteiger partial charge in [-0.05, 0) is 47.9 Å². The van der Waals surface area contributed by atoms with Crippen LogP contribution in [-0.2, 0) is 6.54 Å². The SMILES string of the molecule is O=c1c2ccc(Cl)cc2nc2n1CCC2=Cc1ccccc1Br. The molecule has 0 radical (unpaired) electrons. The van der Waals surface area contributed by atoms with Crippen molar-refractivity contribution in [2.45, 2.75) is 13.0 Å². The first-order chi connectivity index (χ1) is 11.1. The standard InChI is InChI=1S/C18H12BrClN2O/c19-15-4-2-1-3-11(15)9-12-7-8-22-17(12)21-16-10-13(20)5-6-14(16)18(22)23/h1-6,9-10H,7-8H2. The number of hydrogen-bond acceptors (Lipinski definition) is 2. The highest BCUT2D eigenvalue weighted by Crippen LogP contribution is 2.29. The molecule has 2 heterocycles. The normalized spacial score (nSPS) is 15.3. The van der Waals surface area contributed by atoms with E-state index in [0.717, 1.165) is 27.9 Å². The molecule has 1 aliphatic rings. The zero-order valence-electron chi connectivity index (χ0n) is 12.1. The molecule has 1 aliphatic heterocycles. The lowest BCUT2D eigenvalue weighted by Gasteiger charge is -2.06. The molecule has 3 nitrogen and oxygen atoms in total. The average Bonchev–Trinajstić information content (AvgIpc) is 2.93. The number of aromatic nitrogens is 2. The van der Waals surface area contributed by atoms with E-state index in [1.807, 2.05) is 24.3 Å². The summed E-state index contributed by atoms with van der Waals surface area (Å²) in [5.41, 5.74) is 2.79. The van der Waals surface area contributed by atoms with Gasteiger partial charge < -0.3 is 0 Å². The largest absolute Gasteiger partial charge is 0.292 e. The van der Waals surface area contributed by atoms with Crippen LogP contribution in [0.4, 0.5) is 0 Å². The Bertz CT molecular complexity index is 1020. The highest BCUT2D eigenvalue weighted by molar-refractivity contribution is 9.10. The van der Waals surface area contributed by atoms with Gasteiger partial charge in [0.25, 0.3) is 5.56 Å². The molecule has 2 aromatic carbocycles. The molecular formula is C18H12BrClN2O. The van der Waals surface area contributed by atoms with Crippen molar-refractivity contribution in [1.82, 2.24) is 9.55 Å². The van der Waals surface area contributed by atoms with Crippen LogP contribution in [0.15, 0.2) is 51.7 Å². The van der Waals surface area contributed by atoms with Crippen molar-refractivity contribution >= 4 is 50.1 Å². The first kappa shape index (κ1) is 14.7. The predicted octanol–water partition coefficient (Wildman–Crippen LogP) is 4.76. The van der Waals surface area contributed by atoms with Gasteiger partial charge in [0.1, 0.15) is 5.82 Å². The summed E-state index contributed by atoms with van der Waals surface area (Å²) in [4.78, 5) is 17.3. The summed E-state index contributed by atoms with van der Waals surface area (Å²) in [5.74, 6) is 0.737. The van der Waals surface area contributed by atoms with Crippen molar-refractivity contribution in [3.63, 3.8) is 0 Å². The van der Waals surface area contributed by atoms with Gasteiger partial charge in [-0.1, -0.05) is 45.7 Å². The number of fused-ring (bicyclic) bond motifs is 2. The summed E-state index contributed by atoms with van der Waals surface area (Å²) in [7, 11) is 0. The van der Waals surface area contributed by atoms with Crippen molar-refractivity contribution in [3.8, 4) is 0 Å². The van der Waals surface area contributed by atoms with Crippen LogP contribution in [0.2, 0.25) is 5.02 Å².